The summed E-state index contributed by atoms with van der Waals surface area (Å²) in [6, 6.07) is 44.6. The minimum absolute atomic E-state index is 0.595. The molecule has 0 atom stereocenters. The highest BCUT2D eigenvalue weighted by Crippen LogP contribution is 2.38. The van der Waals surface area contributed by atoms with Gasteiger partial charge in [-0.15, -0.1) is 0 Å². The van der Waals surface area contributed by atoms with E-state index in [4.69, 9.17) is 24.4 Å². The quantitative estimate of drug-likeness (QED) is 0.194. The van der Waals surface area contributed by atoms with E-state index in [1.807, 2.05) is 97.2 Å². The molecular formula is C39H23N5O. The van der Waals surface area contributed by atoms with E-state index >= 15 is 0 Å². The van der Waals surface area contributed by atoms with Gasteiger partial charge in [-0.3, -0.25) is 4.98 Å². The van der Waals surface area contributed by atoms with Gasteiger partial charge >= 0.3 is 0 Å². The van der Waals surface area contributed by atoms with E-state index < -0.39 is 0 Å². The predicted molar refractivity (Wildman–Crippen MR) is 179 cm³/mol. The third-order valence-corrected chi connectivity index (χ3v) is 8.16. The van der Waals surface area contributed by atoms with Crippen LogP contribution in [0, 0.1) is 0 Å². The lowest BCUT2D eigenvalue weighted by atomic mass is 10.0. The molecule has 6 nitrogen and oxygen atoms in total. The van der Waals surface area contributed by atoms with Crippen molar-refractivity contribution in [1.29, 1.82) is 0 Å². The fourth-order valence-electron chi connectivity index (χ4n) is 5.99. The van der Waals surface area contributed by atoms with Crippen molar-refractivity contribution in [2.45, 2.75) is 0 Å². The smallest absolute Gasteiger partial charge is 0.164 e. The Balaban J connectivity index is 1.25. The molecule has 4 aromatic heterocycles. The van der Waals surface area contributed by atoms with Crippen LogP contribution in [0.1, 0.15) is 0 Å². The molecule has 0 fully saturated rings. The molecule has 0 saturated heterocycles. The minimum Gasteiger partial charge on any atom is -0.456 e. The standard InChI is InChI=1S/C39H23N5O/c1-3-9-26(10-4-1)37-42-38(27-11-5-2-6-12-27)44-39(43-37)28-19-21-32-30(23-28)34-29(14-7-15-33(34)45-32)31-20-18-25-17-16-24-13-8-22-40-35(24)36(25)41-31/h1-23H. The summed E-state index contributed by atoms with van der Waals surface area (Å²) in [5.74, 6) is 1.84. The van der Waals surface area contributed by atoms with E-state index in [9.17, 15) is 0 Å². The molecule has 0 aliphatic heterocycles. The third kappa shape index (κ3) is 4.31. The highest BCUT2D eigenvalue weighted by Gasteiger charge is 2.17. The Morgan fingerprint density at radius 1 is 0.444 bits per heavy atom. The van der Waals surface area contributed by atoms with Gasteiger partial charge in [-0.25, -0.2) is 19.9 Å². The van der Waals surface area contributed by atoms with Crippen LogP contribution in [0.4, 0.5) is 0 Å². The molecule has 0 aliphatic rings. The van der Waals surface area contributed by atoms with Crippen LogP contribution in [-0.2, 0) is 0 Å². The van der Waals surface area contributed by atoms with Crippen LogP contribution >= 0.6 is 0 Å². The number of benzene rings is 5. The molecule has 0 saturated carbocycles. The summed E-state index contributed by atoms with van der Waals surface area (Å²) in [6.45, 7) is 0. The number of pyridine rings is 2. The summed E-state index contributed by atoms with van der Waals surface area (Å²) in [7, 11) is 0. The fraction of sp³-hybridized carbons (Fsp3) is 0. The maximum absolute atomic E-state index is 6.36. The summed E-state index contributed by atoms with van der Waals surface area (Å²) < 4.78 is 6.36. The lowest BCUT2D eigenvalue weighted by molar-refractivity contribution is 0.669. The largest absolute Gasteiger partial charge is 0.456 e. The Labute approximate surface area is 257 Å². The second-order valence-corrected chi connectivity index (χ2v) is 10.9. The molecule has 5 aromatic carbocycles. The van der Waals surface area contributed by atoms with Crippen LogP contribution in [0.15, 0.2) is 144 Å². The van der Waals surface area contributed by atoms with Crippen molar-refractivity contribution in [2.75, 3.05) is 0 Å². The van der Waals surface area contributed by atoms with Gasteiger partial charge in [0.15, 0.2) is 17.5 Å². The number of hydrogen-bond donors (Lipinski definition) is 0. The van der Waals surface area contributed by atoms with Gasteiger partial charge in [0, 0.05) is 50.0 Å². The minimum atomic E-state index is 0.595. The Morgan fingerprint density at radius 2 is 1.11 bits per heavy atom. The van der Waals surface area contributed by atoms with Crippen LogP contribution in [0.3, 0.4) is 0 Å². The number of furan rings is 1. The van der Waals surface area contributed by atoms with Crippen molar-refractivity contribution in [1.82, 2.24) is 24.9 Å². The molecule has 0 N–H and O–H groups in total. The summed E-state index contributed by atoms with van der Waals surface area (Å²) >= 11 is 0. The summed E-state index contributed by atoms with van der Waals surface area (Å²) in [6.07, 6.45) is 1.82. The molecule has 45 heavy (non-hydrogen) atoms. The fourth-order valence-corrected chi connectivity index (χ4v) is 5.99. The van der Waals surface area contributed by atoms with Crippen molar-refractivity contribution in [3.05, 3.63) is 140 Å². The van der Waals surface area contributed by atoms with Gasteiger partial charge in [0.2, 0.25) is 0 Å². The first kappa shape index (κ1) is 25.2. The van der Waals surface area contributed by atoms with Gasteiger partial charge in [-0.05, 0) is 36.4 Å². The Bertz CT molecular complexity index is 2480. The van der Waals surface area contributed by atoms with E-state index in [-0.39, 0.29) is 0 Å². The van der Waals surface area contributed by atoms with Crippen molar-refractivity contribution in [3.8, 4) is 45.4 Å². The number of fused-ring (bicyclic) bond motifs is 6. The van der Waals surface area contributed by atoms with Gasteiger partial charge in [-0.1, -0.05) is 97.1 Å². The van der Waals surface area contributed by atoms with E-state index in [1.165, 1.54) is 0 Å². The Morgan fingerprint density at radius 3 is 1.84 bits per heavy atom. The molecular weight excluding hydrogens is 554 g/mol. The Hall–Kier alpha value is -6.27. The van der Waals surface area contributed by atoms with E-state index in [1.54, 1.807) is 0 Å². The van der Waals surface area contributed by atoms with Gasteiger partial charge < -0.3 is 4.42 Å². The Kier molecular flexibility index (Phi) is 5.71. The number of aromatic nitrogens is 5. The molecule has 0 aliphatic carbocycles. The highest BCUT2D eigenvalue weighted by atomic mass is 16.3. The zero-order valence-electron chi connectivity index (χ0n) is 23.9. The van der Waals surface area contributed by atoms with Crippen LogP contribution in [0.5, 0.6) is 0 Å². The van der Waals surface area contributed by atoms with Crippen LogP contribution in [-0.4, -0.2) is 24.9 Å². The zero-order chi connectivity index (χ0) is 29.7. The summed E-state index contributed by atoms with van der Waals surface area (Å²) in [5, 5.41) is 4.08. The third-order valence-electron chi connectivity index (χ3n) is 8.16. The first-order valence-corrected chi connectivity index (χ1v) is 14.8. The molecule has 0 bridgehead atoms. The van der Waals surface area contributed by atoms with Gasteiger partial charge in [-0.2, -0.15) is 0 Å². The van der Waals surface area contributed by atoms with Crippen LogP contribution in [0.2, 0.25) is 0 Å². The van der Waals surface area contributed by atoms with Gasteiger partial charge in [0.1, 0.15) is 11.2 Å². The average Bonchev–Trinajstić information content (AvgIpc) is 3.50. The van der Waals surface area contributed by atoms with Crippen molar-refractivity contribution >= 4 is 43.7 Å². The SMILES string of the molecule is c1ccc(-c2nc(-c3ccccc3)nc(-c3ccc4oc5cccc(-c6ccc7ccc8cccnc8c7n6)c5c4c3)n2)cc1. The van der Waals surface area contributed by atoms with Crippen molar-refractivity contribution in [2.24, 2.45) is 0 Å². The molecule has 0 radical (unpaired) electrons. The summed E-state index contributed by atoms with van der Waals surface area (Å²) in [4.78, 5) is 24.5. The maximum Gasteiger partial charge on any atom is 0.164 e. The van der Waals surface area contributed by atoms with Crippen LogP contribution in [0.25, 0.3) is 89.2 Å². The van der Waals surface area contributed by atoms with Gasteiger partial charge in [0.25, 0.3) is 0 Å². The molecule has 0 spiro atoms. The summed E-state index contributed by atoms with van der Waals surface area (Å²) in [5.41, 5.74) is 7.93. The van der Waals surface area contributed by atoms with E-state index in [0.29, 0.717) is 17.5 Å². The maximum atomic E-state index is 6.36. The monoisotopic (exact) mass is 577 g/mol. The zero-order valence-corrected chi connectivity index (χ0v) is 23.9. The topological polar surface area (TPSA) is 77.6 Å². The first-order chi connectivity index (χ1) is 22.3. The number of nitrogens with zero attached hydrogens (tertiary/aromatic N) is 5. The lowest BCUT2D eigenvalue weighted by Gasteiger charge is -2.09. The van der Waals surface area contributed by atoms with Crippen molar-refractivity contribution < 1.29 is 4.42 Å². The first-order valence-electron chi connectivity index (χ1n) is 14.8. The molecule has 210 valence electrons. The number of rotatable bonds is 4. The molecule has 0 unspecified atom stereocenters. The molecule has 4 heterocycles. The van der Waals surface area contributed by atoms with Gasteiger partial charge in [0.05, 0.1) is 16.7 Å². The van der Waals surface area contributed by atoms with Crippen molar-refractivity contribution in [3.63, 3.8) is 0 Å². The van der Waals surface area contributed by atoms with E-state index in [0.717, 1.165) is 71.7 Å². The van der Waals surface area contributed by atoms with Crippen LogP contribution < -0.4 is 0 Å². The second-order valence-electron chi connectivity index (χ2n) is 10.9. The highest BCUT2D eigenvalue weighted by molar-refractivity contribution is 6.13. The average molecular weight is 578 g/mol. The molecule has 6 heteroatoms. The molecule has 9 aromatic rings. The molecule has 9 rings (SSSR count). The number of hydrogen-bond acceptors (Lipinski definition) is 6. The second kappa shape index (κ2) is 10.2. The lowest BCUT2D eigenvalue weighted by Crippen LogP contribution is -2.00. The normalized spacial score (nSPS) is 11.6. The van der Waals surface area contributed by atoms with E-state index in [2.05, 4.69) is 47.4 Å². The predicted octanol–water partition coefficient (Wildman–Crippen LogP) is 9.54. The molecule has 0 amide bonds.